The summed E-state index contributed by atoms with van der Waals surface area (Å²) in [5.74, 6) is -0.254. The van der Waals surface area contributed by atoms with Crippen molar-refractivity contribution in [1.29, 1.82) is 0 Å². The molecule has 0 saturated heterocycles. The van der Waals surface area contributed by atoms with Crippen LogP contribution in [-0.4, -0.2) is 11.2 Å². The van der Waals surface area contributed by atoms with Crippen LogP contribution in [0.2, 0.25) is 5.02 Å². The van der Waals surface area contributed by atoms with Gasteiger partial charge < -0.3 is 4.79 Å². The molecule has 1 unspecified atom stereocenters. The summed E-state index contributed by atoms with van der Waals surface area (Å²) in [6, 6.07) is 10.2. The molecule has 0 saturated carbocycles. The second kappa shape index (κ2) is 6.02. The fourth-order valence-electron chi connectivity index (χ4n) is 2.73. The molecule has 0 amide bonds. The number of rotatable bonds is 3. The number of carbonyl (C=O) groups is 1. The number of carbonyl (C=O) groups excluding carboxylic acids is 1. The lowest BCUT2D eigenvalue weighted by Crippen LogP contribution is -2.22. The second-order valence-corrected chi connectivity index (χ2v) is 6.67. The lowest BCUT2D eigenvalue weighted by atomic mass is 10.1. The Hall–Kier alpha value is -0.980. The summed E-state index contributed by atoms with van der Waals surface area (Å²) < 4.78 is 14.3. The summed E-state index contributed by atoms with van der Waals surface area (Å²) in [4.78, 5) is 13.5. The number of fused-ring (bicyclic) bond motifs is 1. The summed E-state index contributed by atoms with van der Waals surface area (Å²) >= 11 is 7.98. The van der Waals surface area contributed by atoms with Gasteiger partial charge in [-0.2, -0.15) is 0 Å². The van der Waals surface area contributed by atoms with Crippen LogP contribution in [-0.2, 0) is 17.9 Å². The summed E-state index contributed by atoms with van der Waals surface area (Å²) in [6.07, 6.45) is 0.932. The molecule has 0 radical (unpaired) electrons. The largest absolute Gasteiger partial charge is 0.301 e. The first-order chi connectivity index (χ1) is 10.1. The van der Waals surface area contributed by atoms with Crippen LogP contribution < -0.4 is 0 Å². The predicted octanol–water partition coefficient (Wildman–Crippen LogP) is 4.34. The summed E-state index contributed by atoms with van der Waals surface area (Å²) in [5.41, 5.74) is 2.90. The zero-order chi connectivity index (χ0) is 15.0. The average molecular weight is 416 g/mol. The van der Waals surface area contributed by atoms with Crippen LogP contribution in [0.4, 0.5) is 4.39 Å². The minimum atomic E-state index is -0.317. The Morgan fingerprint density at radius 1 is 1.33 bits per heavy atom. The van der Waals surface area contributed by atoms with Crippen molar-refractivity contribution in [3.8, 4) is 0 Å². The molecule has 0 aliphatic carbocycles. The maximum Gasteiger partial charge on any atom is 0.141 e. The molecular formula is C16H12ClFINO. The van der Waals surface area contributed by atoms with Gasteiger partial charge in [0.05, 0.1) is 6.04 Å². The van der Waals surface area contributed by atoms with Crippen LogP contribution in [0.25, 0.3) is 0 Å². The van der Waals surface area contributed by atoms with Crippen molar-refractivity contribution in [2.75, 3.05) is 0 Å². The van der Waals surface area contributed by atoms with Gasteiger partial charge in [-0.1, -0.05) is 23.7 Å². The summed E-state index contributed by atoms with van der Waals surface area (Å²) in [5, 5.41) is 0.687. The first kappa shape index (κ1) is 14.9. The first-order valence-corrected chi connectivity index (χ1v) is 7.96. The molecule has 0 bridgehead atoms. The van der Waals surface area contributed by atoms with E-state index in [9.17, 15) is 9.18 Å². The number of halogens is 3. The topological polar surface area (TPSA) is 20.3 Å². The number of nitrogens with zero attached hydrogens (tertiary/aromatic N) is 1. The molecule has 1 atom stereocenters. The molecule has 5 heteroatoms. The predicted molar refractivity (Wildman–Crippen MR) is 88.6 cm³/mol. The van der Waals surface area contributed by atoms with E-state index in [1.807, 2.05) is 29.2 Å². The van der Waals surface area contributed by atoms with Gasteiger partial charge in [0.1, 0.15) is 12.1 Å². The second-order valence-electron chi connectivity index (χ2n) is 5.07. The van der Waals surface area contributed by atoms with Gasteiger partial charge in [0, 0.05) is 21.7 Å². The Balaban J connectivity index is 1.90. The Labute approximate surface area is 141 Å². The minimum absolute atomic E-state index is 0.254. The molecule has 2 aromatic rings. The molecule has 3 rings (SSSR count). The van der Waals surface area contributed by atoms with E-state index in [2.05, 4.69) is 22.6 Å². The molecule has 108 valence electrons. The van der Waals surface area contributed by atoms with E-state index in [1.165, 1.54) is 12.1 Å². The molecular weight excluding hydrogens is 404 g/mol. The summed E-state index contributed by atoms with van der Waals surface area (Å²) in [6.45, 7) is 1.21. The monoisotopic (exact) mass is 415 g/mol. The van der Waals surface area contributed by atoms with E-state index in [0.717, 1.165) is 26.5 Å². The molecule has 1 aliphatic rings. The lowest BCUT2D eigenvalue weighted by Gasteiger charge is -2.20. The van der Waals surface area contributed by atoms with Gasteiger partial charge in [-0.3, -0.25) is 4.90 Å². The van der Waals surface area contributed by atoms with Gasteiger partial charge in [-0.05, 0) is 63.5 Å². The molecule has 0 spiro atoms. The van der Waals surface area contributed by atoms with Crippen molar-refractivity contribution >= 4 is 40.5 Å². The van der Waals surface area contributed by atoms with Gasteiger partial charge in [0.2, 0.25) is 0 Å². The van der Waals surface area contributed by atoms with E-state index in [-0.39, 0.29) is 11.9 Å². The standard InChI is InChI=1S/C16H12ClFINO/c17-12-3-1-10(2-4-12)7-20-8-11-5-13(18)6-14(19)16(11)15(20)9-21/h1-6,9,15H,7-8H2. The van der Waals surface area contributed by atoms with Crippen molar-refractivity contribution in [2.45, 2.75) is 19.1 Å². The Kier molecular flexibility index (Phi) is 4.28. The lowest BCUT2D eigenvalue weighted by molar-refractivity contribution is -0.112. The van der Waals surface area contributed by atoms with Gasteiger partial charge in [-0.25, -0.2) is 4.39 Å². The van der Waals surface area contributed by atoms with Crippen LogP contribution in [0, 0.1) is 9.39 Å². The fraction of sp³-hybridized carbons (Fsp3) is 0.188. The Morgan fingerprint density at radius 2 is 2.05 bits per heavy atom. The highest BCUT2D eigenvalue weighted by atomic mass is 127. The molecule has 2 aromatic carbocycles. The molecule has 21 heavy (non-hydrogen) atoms. The van der Waals surface area contributed by atoms with Crippen molar-refractivity contribution in [1.82, 2.24) is 4.90 Å². The van der Waals surface area contributed by atoms with E-state index in [4.69, 9.17) is 11.6 Å². The van der Waals surface area contributed by atoms with Crippen LogP contribution in [0.15, 0.2) is 36.4 Å². The van der Waals surface area contributed by atoms with Crippen LogP contribution >= 0.6 is 34.2 Å². The minimum Gasteiger partial charge on any atom is -0.301 e. The number of hydrogen-bond donors (Lipinski definition) is 0. The normalized spacial score (nSPS) is 17.8. The zero-order valence-electron chi connectivity index (χ0n) is 11.0. The van der Waals surface area contributed by atoms with Crippen molar-refractivity contribution < 1.29 is 9.18 Å². The van der Waals surface area contributed by atoms with Crippen LogP contribution in [0.1, 0.15) is 22.7 Å². The number of hydrogen-bond acceptors (Lipinski definition) is 2. The third kappa shape index (κ3) is 2.98. The maximum absolute atomic E-state index is 13.5. The zero-order valence-corrected chi connectivity index (χ0v) is 13.9. The molecule has 1 aliphatic heterocycles. The highest BCUT2D eigenvalue weighted by Gasteiger charge is 2.32. The van der Waals surface area contributed by atoms with E-state index < -0.39 is 0 Å². The van der Waals surface area contributed by atoms with Crippen molar-refractivity contribution in [2.24, 2.45) is 0 Å². The van der Waals surface area contributed by atoms with Crippen LogP contribution in [0.3, 0.4) is 0 Å². The maximum atomic E-state index is 13.5. The van der Waals surface area contributed by atoms with E-state index in [1.54, 1.807) is 0 Å². The Morgan fingerprint density at radius 3 is 2.71 bits per heavy atom. The average Bonchev–Trinajstić information content (AvgIpc) is 2.78. The molecule has 1 heterocycles. The molecule has 0 fully saturated rings. The van der Waals surface area contributed by atoms with Crippen molar-refractivity contribution in [3.63, 3.8) is 0 Å². The molecule has 0 N–H and O–H groups in total. The first-order valence-electron chi connectivity index (χ1n) is 6.50. The SMILES string of the molecule is O=CC1c2c(I)cc(F)cc2CN1Cc1ccc(Cl)cc1. The molecule has 0 aromatic heterocycles. The van der Waals surface area contributed by atoms with Gasteiger partial charge in [0.25, 0.3) is 0 Å². The van der Waals surface area contributed by atoms with Crippen molar-refractivity contribution in [3.05, 3.63) is 67.5 Å². The number of benzene rings is 2. The Bertz CT molecular complexity index is 689. The third-order valence-corrected chi connectivity index (χ3v) is 4.81. The van der Waals surface area contributed by atoms with Crippen LogP contribution in [0.5, 0.6) is 0 Å². The van der Waals surface area contributed by atoms with Gasteiger partial charge in [-0.15, -0.1) is 0 Å². The quantitative estimate of drug-likeness (QED) is 0.549. The highest BCUT2D eigenvalue weighted by Crippen LogP contribution is 2.37. The summed E-state index contributed by atoms with van der Waals surface area (Å²) in [7, 11) is 0. The number of aldehydes is 1. The molecule has 2 nitrogen and oxygen atoms in total. The van der Waals surface area contributed by atoms with Gasteiger partial charge in [0.15, 0.2) is 0 Å². The fourth-order valence-corrected chi connectivity index (χ4v) is 3.82. The van der Waals surface area contributed by atoms with E-state index in [0.29, 0.717) is 18.1 Å². The third-order valence-electron chi connectivity index (χ3n) is 3.67. The van der Waals surface area contributed by atoms with Gasteiger partial charge >= 0.3 is 0 Å². The van der Waals surface area contributed by atoms with E-state index >= 15 is 0 Å². The smallest absolute Gasteiger partial charge is 0.141 e. The highest BCUT2D eigenvalue weighted by molar-refractivity contribution is 14.1.